The van der Waals surface area contributed by atoms with E-state index in [-0.39, 0.29) is 22.2 Å². The fraction of sp³-hybridized carbons (Fsp3) is 0.400. The number of amides is 1. The Hall–Kier alpha value is -1.77. The van der Waals surface area contributed by atoms with Gasteiger partial charge in [-0.1, -0.05) is 22.9 Å². The zero-order valence-corrected chi connectivity index (χ0v) is 15.6. The number of thiazole rings is 1. The number of halogens is 2. The molecule has 1 amide bonds. The van der Waals surface area contributed by atoms with Crippen LogP contribution in [0.3, 0.4) is 0 Å². The zero-order valence-electron chi connectivity index (χ0n) is 13.3. The molecule has 1 aliphatic heterocycles. The third kappa shape index (κ3) is 3.91. The lowest BCUT2D eigenvalue weighted by Crippen LogP contribution is -2.52. The summed E-state index contributed by atoms with van der Waals surface area (Å²) in [7, 11) is 0. The van der Waals surface area contributed by atoms with E-state index in [9.17, 15) is 9.59 Å². The molecule has 0 aromatic carbocycles. The number of carboxylic acid groups (broad SMARTS) is 1. The first kappa shape index (κ1) is 18.0. The number of rotatable bonds is 4. The van der Waals surface area contributed by atoms with Gasteiger partial charge in [0, 0.05) is 24.8 Å². The highest BCUT2D eigenvalue weighted by atomic mass is 35.5. The van der Waals surface area contributed by atoms with Gasteiger partial charge in [0.25, 0.3) is 5.91 Å². The number of H-pyrrole nitrogens is 1. The van der Waals surface area contributed by atoms with Gasteiger partial charge in [0.15, 0.2) is 5.13 Å². The molecule has 3 heterocycles. The summed E-state index contributed by atoms with van der Waals surface area (Å²) in [6, 6.07) is 1.40. The highest BCUT2D eigenvalue weighted by Gasteiger charge is 2.31. The Labute approximate surface area is 158 Å². The Morgan fingerprint density at radius 1 is 1.52 bits per heavy atom. The number of piperidine rings is 1. The van der Waals surface area contributed by atoms with Crippen molar-refractivity contribution in [2.75, 3.05) is 18.0 Å². The van der Waals surface area contributed by atoms with Gasteiger partial charge in [-0.15, -0.1) is 11.6 Å². The summed E-state index contributed by atoms with van der Waals surface area (Å²) in [6.45, 7) is 2.90. The molecule has 1 fully saturated rings. The molecule has 0 radical (unpaired) electrons. The van der Waals surface area contributed by atoms with Crippen LogP contribution in [0.2, 0.25) is 5.02 Å². The van der Waals surface area contributed by atoms with E-state index in [0.29, 0.717) is 35.4 Å². The van der Waals surface area contributed by atoms with Gasteiger partial charge >= 0.3 is 5.97 Å². The minimum absolute atomic E-state index is 0.188. The van der Waals surface area contributed by atoms with E-state index < -0.39 is 5.97 Å². The third-order valence-corrected chi connectivity index (χ3v) is 5.91. The van der Waals surface area contributed by atoms with Gasteiger partial charge in [-0.3, -0.25) is 4.79 Å². The summed E-state index contributed by atoms with van der Waals surface area (Å²) in [5.74, 6) is -1.24. The SMILES string of the molecule is Cc1[nH]c(C(=O)NC2CCN(c3ncc(C(=O)O)s3)CC2Cl)cc1Cl. The minimum atomic E-state index is -0.992. The molecule has 134 valence electrons. The number of anilines is 1. The number of aromatic nitrogens is 2. The number of carboxylic acids is 1. The van der Waals surface area contributed by atoms with Crippen molar-refractivity contribution >= 4 is 51.5 Å². The van der Waals surface area contributed by atoms with Crippen LogP contribution in [0.25, 0.3) is 0 Å². The van der Waals surface area contributed by atoms with Crippen molar-refractivity contribution in [1.29, 1.82) is 0 Å². The second-order valence-corrected chi connectivity index (χ2v) is 7.78. The maximum absolute atomic E-state index is 12.3. The summed E-state index contributed by atoms with van der Waals surface area (Å²) < 4.78 is 0. The lowest BCUT2D eigenvalue weighted by atomic mass is 10.0. The van der Waals surface area contributed by atoms with Crippen LogP contribution in [0.15, 0.2) is 12.3 Å². The summed E-state index contributed by atoms with van der Waals surface area (Å²) >= 11 is 13.5. The van der Waals surface area contributed by atoms with Gasteiger partial charge in [0.1, 0.15) is 10.6 Å². The number of carbonyl (C=O) groups is 2. The molecule has 2 aromatic rings. The molecule has 0 bridgehead atoms. The molecule has 25 heavy (non-hydrogen) atoms. The highest BCUT2D eigenvalue weighted by molar-refractivity contribution is 7.17. The molecule has 3 rings (SSSR count). The van der Waals surface area contributed by atoms with Crippen molar-refractivity contribution in [2.24, 2.45) is 0 Å². The Bertz CT molecular complexity index is 787. The van der Waals surface area contributed by atoms with Crippen molar-refractivity contribution in [3.05, 3.63) is 33.6 Å². The van der Waals surface area contributed by atoms with Gasteiger partial charge in [-0.25, -0.2) is 9.78 Å². The molecular formula is C15H16Cl2N4O3S. The molecule has 0 saturated carbocycles. The molecule has 0 aliphatic carbocycles. The Balaban J connectivity index is 1.61. The summed E-state index contributed by atoms with van der Waals surface area (Å²) in [5.41, 5.74) is 1.14. The first-order chi connectivity index (χ1) is 11.8. The average molecular weight is 403 g/mol. The van der Waals surface area contributed by atoms with Crippen molar-refractivity contribution in [1.82, 2.24) is 15.3 Å². The van der Waals surface area contributed by atoms with Gasteiger partial charge < -0.3 is 20.3 Å². The zero-order chi connectivity index (χ0) is 18.1. The first-order valence-electron chi connectivity index (χ1n) is 7.59. The van der Waals surface area contributed by atoms with Crippen LogP contribution in [0.1, 0.15) is 32.3 Å². The molecule has 2 atom stereocenters. The number of aromatic amines is 1. The molecule has 10 heteroatoms. The monoisotopic (exact) mass is 402 g/mol. The lowest BCUT2D eigenvalue weighted by Gasteiger charge is -2.35. The van der Waals surface area contributed by atoms with E-state index >= 15 is 0 Å². The number of alkyl halides is 1. The van der Waals surface area contributed by atoms with Crippen molar-refractivity contribution in [3.8, 4) is 0 Å². The molecule has 0 spiro atoms. The van der Waals surface area contributed by atoms with Crippen molar-refractivity contribution < 1.29 is 14.7 Å². The maximum atomic E-state index is 12.3. The molecule has 1 saturated heterocycles. The number of nitrogens with zero attached hydrogens (tertiary/aromatic N) is 2. The van der Waals surface area contributed by atoms with Gasteiger partial charge in [0.05, 0.1) is 16.6 Å². The minimum Gasteiger partial charge on any atom is -0.477 e. The van der Waals surface area contributed by atoms with Crippen molar-refractivity contribution in [3.63, 3.8) is 0 Å². The second-order valence-electron chi connectivity index (χ2n) is 5.80. The number of carbonyl (C=O) groups excluding carboxylic acids is 1. The third-order valence-electron chi connectivity index (χ3n) is 4.03. The number of hydrogen-bond donors (Lipinski definition) is 3. The maximum Gasteiger partial charge on any atom is 0.347 e. The van der Waals surface area contributed by atoms with E-state index in [0.717, 1.165) is 17.0 Å². The molecule has 2 unspecified atom stereocenters. The van der Waals surface area contributed by atoms with Crippen LogP contribution in [0.5, 0.6) is 0 Å². The quantitative estimate of drug-likeness (QED) is 0.682. The summed E-state index contributed by atoms with van der Waals surface area (Å²) in [5, 5.41) is 12.7. The topological polar surface area (TPSA) is 98.3 Å². The molecule has 2 aromatic heterocycles. The van der Waals surface area contributed by atoms with E-state index in [4.69, 9.17) is 28.3 Å². The van der Waals surface area contributed by atoms with E-state index in [1.807, 2.05) is 4.90 Å². The fourth-order valence-corrected chi connectivity index (χ4v) is 3.95. The van der Waals surface area contributed by atoms with E-state index in [2.05, 4.69) is 15.3 Å². The van der Waals surface area contributed by atoms with Crippen LogP contribution >= 0.6 is 34.5 Å². The predicted octanol–water partition coefficient (Wildman–Crippen LogP) is 2.75. The number of aryl methyl sites for hydroxylation is 1. The fourth-order valence-electron chi connectivity index (χ4n) is 2.65. The molecular weight excluding hydrogens is 387 g/mol. The van der Waals surface area contributed by atoms with E-state index in [1.165, 1.54) is 6.20 Å². The second kappa shape index (κ2) is 7.23. The smallest absolute Gasteiger partial charge is 0.347 e. The number of hydrogen-bond acceptors (Lipinski definition) is 5. The van der Waals surface area contributed by atoms with Crippen molar-refractivity contribution in [2.45, 2.75) is 24.8 Å². The Kier molecular flexibility index (Phi) is 5.21. The van der Waals surface area contributed by atoms with Gasteiger partial charge in [0.2, 0.25) is 0 Å². The molecule has 7 nitrogen and oxygen atoms in total. The van der Waals surface area contributed by atoms with Gasteiger partial charge in [-0.2, -0.15) is 0 Å². The Morgan fingerprint density at radius 3 is 2.84 bits per heavy atom. The van der Waals surface area contributed by atoms with Crippen LogP contribution in [-0.2, 0) is 0 Å². The average Bonchev–Trinajstić information content (AvgIpc) is 3.17. The summed E-state index contributed by atoms with van der Waals surface area (Å²) in [6.07, 6.45) is 1.98. The number of nitrogens with one attached hydrogen (secondary N) is 2. The van der Waals surface area contributed by atoms with Crippen LogP contribution in [-0.4, -0.2) is 51.5 Å². The van der Waals surface area contributed by atoms with E-state index in [1.54, 1.807) is 13.0 Å². The molecule has 3 N–H and O–H groups in total. The van der Waals surface area contributed by atoms with Crippen LogP contribution in [0.4, 0.5) is 5.13 Å². The predicted molar refractivity (Wildman–Crippen MR) is 97.3 cm³/mol. The highest BCUT2D eigenvalue weighted by Crippen LogP contribution is 2.27. The Morgan fingerprint density at radius 2 is 2.28 bits per heavy atom. The van der Waals surface area contributed by atoms with Crippen LogP contribution < -0.4 is 10.2 Å². The van der Waals surface area contributed by atoms with Gasteiger partial charge in [-0.05, 0) is 19.4 Å². The largest absolute Gasteiger partial charge is 0.477 e. The molecule has 1 aliphatic rings. The number of aromatic carboxylic acids is 1. The standard InChI is InChI=1S/C15H16Cl2N4O3S/c1-7-8(16)4-11(19-7)13(22)20-10-2-3-21(6-9(10)17)15-18-5-12(25-15)14(23)24/h4-5,9-10,19H,2-3,6H2,1H3,(H,20,22)(H,23,24). The lowest BCUT2D eigenvalue weighted by molar-refractivity contribution is 0.0701. The summed E-state index contributed by atoms with van der Waals surface area (Å²) in [4.78, 5) is 32.5. The first-order valence-corrected chi connectivity index (χ1v) is 9.22. The normalized spacial score (nSPS) is 20.5. The van der Waals surface area contributed by atoms with Crippen LogP contribution in [0, 0.1) is 6.92 Å².